The third kappa shape index (κ3) is 3.73. The summed E-state index contributed by atoms with van der Waals surface area (Å²) in [7, 11) is 0. The normalized spacial score (nSPS) is 15.8. The number of H-pyrrole nitrogens is 1. The second-order valence-electron chi connectivity index (χ2n) is 7.40. The van der Waals surface area contributed by atoms with Crippen LogP contribution in [0.3, 0.4) is 0 Å². The number of fused-ring (bicyclic) bond motifs is 1. The number of hydrogen-bond donors (Lipinski definition) is 2. The second kappa shape index (κ2) is 8.20. The zero-order valence-corrected chi connectivity index (χ0v) is 18.1. The molecule has 1 aromatic heterocycles. The first kappa shape index (κ1) is 20.6. The number of nitrogens with zero attached hydrogens (tertiary/aromatic N) is 1. The lowest BCUT2D eigenvalue weighted by atomic mass is 9.82. The van der Waals surface area contributed by atoms with Crippen molar-refractivity contribution in [3.63, 3.8) is 0 Å². The summed E-state index contributed by atoms with van der Waals surface area (Å²) in [5.41, 5.74) is 0.348. The van der Waals surface area contributed by atoms with E-state index in [4.69, 9.17) is 4.74 Å². The molecule has 1 aliphatic heterocycles. The topological polar surface area (TPSA) is 93.2 Å². The van der Waals surface area contributed by atoms with E-state index >= 15 is 0 Å². The molecule has 2 N–H and O–H groups in total. The predicted molar refractivity (Wildman–Crippen MR) is 118 cm³/mol. The fourth-order valence-electron chi connectivity index (χ4n) is 3.96. The molecule has 30 heavy (non-hydrogen) atoms. The molecule has 2 aromatic carbocycles. The van der Waals surface area contributed by atoms with E-state index in [1.165, 1.54) is 0 Å². The maximum Gasteiger partial charge on any atom is 0.328 e. The molecular weight excluding hydrogens is 450 g/mol. The molecule has 0 aliphatic carbocycles. The molecule has 0 atom stereocenters. The lowest BCUT2D eigenvalue weighted by molar-refractivity contribution is 0.0345. The van der Waals surface area contributed by atoms with Crippen LogP contribution in [0.5, 0.6) is 0 Å². The molecule has 0 unspecified atom stereocenters. The highest BCUT2D eigenvalue weighted by Gasteiger charge is 2.36. The van der Waals surface area contributed by atoms with Gasteiger partial charge in [0.25, 0.3) is 11.5 Å². The van der Waals surface area contributed by atoms with Crippen LogP contribution in [0.15, 0.2) is 56.5 Å². The highest BCUT2D eigenvalue weighted by atomic mass is 79.9. The molecule has 2 heterocycles. The summed E-state index contributed by atoms with van der Waals surface area (Å²) in [6.45, 7) is 3.12. The Balaban J connectivity index is 1.72. The number of rotatable bonds is 4. The number of nitrogens with one attached hydrogen (secondary N) is 2. The molecule has 0 bridgehead atoms. The maximum absolute atomic E-state index is 13.2. The van der Waals surface area contributed by atoms with E-state index < -0.39 is 11.2 Å². The van der Waals surface area contributed by atoms with Crippen LogP contribution in [-0.4, -0.2) is 28.7 Å². The number of aromatic amines is 1. The van der Waals surface area contributed by atoms with E-state index in [9.17, 15) is 14.4 Å². The van der Waals surface area contributed by atoms with Crippen molar-refractivity contribution in [1.29, 1.82) is 0 Å². The van der Waals surface area contributed by atoms with Gasteiger partial charge in [0.05, 0.1) is 16.4 Å². The minimum atomic E-state index is -0.549. The van der Waals surface area contributed by atoms with Crippen LogP contribution < -0.4 is 16.6 Å². The van der Waals surface area contributed by atoms with Gasteiger partial charge in [-0.25, -0.2) is 4.79 Å². The van der Waals surface area contributed by atoms with Crippen LogP contribution in [0.2, 0.25) is 0 Å². The number of ether oxygens (including phenoxy) is 1. The van der Waals surface area contributed by atoms with E-state index in [-0.39, 0.29) is 18.0 Å². The molecule has 0 saturated carbocycles. The minimum absolute atomic E-state index is 0.265. The fraction of sp³-hybridized carbons (Fsp3) is 0.318. The number of halogens is 1. The van der Waals surface area contributed by atoms with Crippen molar-refractivity contribution < 1.29 is 9.53 Å². The third-order valence-corrected chi connectivity index (χ3v) is 6.13. The number of carbonyl (C=O) groups is 1. The van der Waals surface area contributed by atoms with Gasteiger partial charge in [0.15, 0.2) is 0 Å². The van der Waals surface area contributed by atoms with Crippen molar-refractivity contribution in [3.8, 4) is 0 Å². The standard InChI is InChI=1S/C22H22BrN3O4/c1-2-26-20(28)17-7-6-14(12-18(17)24-21(26)29)19(27)25-22(8-10-30-11-9-22)15-4-3-5-16(23)13-15/h3-7,12-13H,2,8-11H2,1H3,(H,24,29)(H,25,27). The highest BCUT2D eigenvalue weighted by Crippen LogP contribution is 2.34. The van der Waals surface area contributed by atoms with Gasteiger partial charge in [-0.2, -0.15) is 0 Å². The van der Waals surface area contributed by atoms with Gasteiger partial charge >= 0.3 is 5.69 Å². The molecule has 8 heteroatoms. The van der Waals surface area contributed by atoms with Crippen molar-refractivity contribution in [1.82, 2.24) is 14.9 Å². The molecule has 7 nitrogen and oxygen atoms in total. The van der Waals surface area contributed by atoms with Gasteiger partial charge < -0.3 is 15.0 Å². The molecule has 156 valence electrons. The molecule has 1 aliphatic rings. The predicted octanol–water partition coefficient (Wildman–Crippen LogP) is 2.91. The van der Waals surface area contributed by atoms with E-state index in [1.807, 2.05) is 24.3 Å². The Labute approximate surface area is 181 Å². The first-order chi connectivity index (χ1) is 14.4. The lowest BCUT2D eigenvalue weighted by Gasteiger charge is -2.38. The number of hydrogen-bond acceptors (Lipinski definition) is 4. The summed E-state index contributed by atoms with van der Waals surface area (Å²) in [5, 5.41) is 3.57. The second-order valence-corrected chi connectivity index (χ2v) is 8.31. The molecule has 0 spiro atoms. The molecule has 1 saturated heterocycles. The Hall–Kier alpha value is -2.71. The quantitative estimate of drug-likeness (QED) is 0.611. The average molecular weight is 472 g/mol. The van der Waals surface area contributed by atoms with Crippen molar-refractivity contribution in [2.75, 3.05) is 13.2 Å². The summed E-state index contributed by atoms with van der Waals surface area (Å²) in [6.07, 6.45) is 1.31. The molecule has 0 radical (unpaired) electrons. The number of carbonyl (C=O) groups excluding carboxylic acids is 1. The van der Waals surface area contributed by atoms with Crippen molar-refractivity contribution in [2.24, 2.45) is 0 Å². The van der Waals surface area contributed by atoms with Gasteiger partial charge in [-0.1, -0.05) is 28.1 Å². The molecule has 1 fully saturated rings. The van der Waals surface area contributed by atoms with E-state index in [1.54, 1.807) is 25.1 Å². The Kier molecular flexibility index (Phi) is 5.62. The lowest BCUT2D eigenvalue weighted by Crippen LogP contribution is -2.49. The van der Waals surface area contributed by atoms with E-state index in [0.717, 1.165) is 14.6 Å². The van der Waals surface area contributed by atoms with E-state index in [2.05, 4.69) is 26.2 Å². The zero-order chi connectivity index (χ0) is 21.3. The maximum atomic E-state index is 13.2. The largest absolute Gasteiger partial charge is 0.381 e. The summed E-state index contributed by atoms with van der Waals surface area (Å²) in [5.74, 6) is -0.265. The average Bonchev–Trinajstić information content (AvgIpc) is 2.74. The van der Waals surface area contributed by atoms with Gasteiger partial charge in [-0.05, 0) is 55.7 Å². The van der Waals surface area contributed by atoms with Gasteiger partial charge in [0, 0.05) is 29.8 Å². The molecule has 3 aromatic rings. The van der Waals surface area contributed by atoms with E-state index in [0.29, 0.717) is 42.5 Å². The van der Waals surface area contributed by atoms with Crippen molar-refractivity contribution >= 4 is 32.7 Å². The molecule has 1 amide bonds. The molecule has 4 rings (SSSR count). The Bertz CT molecular complexity index is 1230. The summed E-state index contributed by atoms with van der Waals surface area (Å²) in [4.78, 5) is 40.5. The fourth-order valence-corrected chi connectivity index (χ4v) is 4.36. The van der Waals surface area contributed by atoms with Crippen molar-refractivity contribution in [3.05, 3.63) is 78.9 Å². The minimum Gasteiger partial charge on any atom is -0.381 e. The van der Waals surface area contributed by atoms with Crippen LogP contribution in [0.25, 0.3) is 10.9 Å². The van der Waals surface area contributed by atoms with Gasteiger partial charge in [-0.3, -0.25) is 14.2 Å². The number of aromatic nitrogens is 2. The monoisotopic (exact) mass is 471 g/mol. The zero-order valence-electron chi connectivity index (χ0n) is 16.5. The van der Waals surface area contributed by atoms with Crippen LogP contribution in [0, 0.1) is 0 Å². The summed E-state index contributed by atoms with van der Waals surface area (Å²) >= 11 is 3.51. The van der Waals surface area contributed by atoms with Crippen LogP contribution >= 0.6 is 15.9 Å². The van der Waals surface area contributed by atoms with Crippen LogP contribution in [0.1, 0.15) is 35.7 Å². The SMILES string of the molecule is CCn1c(=O)[nH]c2cc(C(=O)NC3(c4cccc(Br)c4)CCOCC3)ccc2c1=O. The first-order valence-electron chi connectivity index (χ1n) is 9.87. The molecular formula is C22H22BrN3O4. The first-order valence-corrected chi connectivity index (χ1v) is 10.7. The Morgan fingerprint density at radius 2 is 1.97 bits per heavy atom. The van der Waals surface area contributed by atoms with Crippen LogP contribution in [0.4, 0.5) is 0 Å². The number of benzene rings is 2. The number of amides is 1. The highest BCUT2D eigenvalue weighted by molar-refractivity contribution is 9.10. The summed E-state index contributed by atoms with van der Waals surface area (Å²) in [6, 6.07) is 12.7. The Morgan fingerprint density at radius 3 is 2.67 bits per heavy atom. The Morgan fingerprint density at radius 1 is 1.20 bits per heavy atom. The smallest absolute Gasteiger partial charge is 0.328 e. The summed E-state index contributed by atoms with van der Waals surface area (Å²) < 4.78 is 7.60. The van der Waals surface area contributed by atoms with Gasteiger partial charge in [0.1, 0.15) is 0 Å². The third-order valence-electron chi connectivity index (χ3n) is 5.64. The van der Waals surface area contributed by atoms with Crippen molar-refractivity contribution in [2.45, 2.75) is 31.8 Å². The van der Waals surface area contributed by atoms with Gasteiger partial charge in [0.2, 0.25) is 0 Å². The van der Waals surface area contributed by atoms with Gasteiger partial charge in [-0.15, -0.1) is 0 Å². The van der Waals surface area contributed by atoms with Crippen LogP contribution in [-0.2, 0) is 16.8 Å².